The van der Waals surface area contributed by atoms with Crippen molar-refractivity contribution in [1.29, 1.82) is 0 Å². The van der Waals surface area contributed by atoms with E-state index in [0.717, 1.165) is 12.1 Å². The second-order valence-electron chi connectivity index (χ2n) is 5.15. The van der Waals surface area contributed by atoms with E-state index in [1.165, 1.54) is 25.7 Å². The van der Waals surface area contributed by atoms with Gasteiger partial charge in [0.2, 0.25) is 5.88 Å². The van der Waals surface area contributed by atoms with E-state index >= 15 is 0 Å². The van der Waals surface area contributed by atoms with E-state index < -0.39 is 0 Å². The molecule has 3 heteroatoms. The topological polar surface area (TPSA) is 35.0 Å². The highest BCUT2D eigenvalue weighted by Gasteiger charge is 2.24. The van der Waals surface area contributed by atoms with E-state index in [-0.39, 0.29) is 0 Å². The molecular formula is C16H22N2O. The molecule has 1 heterocycles. The fraction of sp³-hybridized carbons (Fsp3) is 0.625. The van der Waals surface area contributed by atoms with Gasteiger partial charge in [0.05, 0.1) is 5.69 Å². The Morgan fingerprint density at radius 1 is 1.26 bits per heavy atom. The number of aromatic nitrogens is 2. The van der Waals surface area contributed by atoms with Gasteiger partial charge in [-0.25, -0.2) is 9.97 Å². The molecule has 1 aromatic heterocycles. The monoisotopic (exact) mass is 258 g/mol. The molecule has 0 aliphatic heterocycles. The first-order chi connectivity index (χ1) is 9.31. The molecule has 19 heavy (non-hydrogen) atoms. The third kappa shape index (κ3) is 3.96. The van der Waals surface area contributed by atoms with Crippen molar-refractivity contribution in [1.82, 2.24) is 9.97 Å². The van der Waals surface area contributed by atoms with Crippen molar-refractivity contribution in [2.75, 3.05) is 6.61 Å². The van der Waals surface area contributed by atoms with Gasteiger partial charge >= 0.3 is 0 Å². The average Bonchev–Trinajstić information content (AvgIpc) is 2.44. The highest BCUT2D eigenvalue weighted by atomic mass is 16.5. The predicted octanol–water partition coefficient (Wildman–Crippen LogP) is 3.56. The summed E-state index contributed by atoms with van der Waals surface area (Å²) in [6.45, 7) is 4.75. The molecule has 3 nitrogen and oxygen atoms in total. The first-order valence-corrected chi connectivity index (χ1v) is 7.21. The molecule has 102 valence electrons. The van der Waals surface area contributed by atoms with Gasteiger partial charge in [-0.1, -0.05) is 39.0 Å². The summed E-state index contributed by atoms with van der Waals surface area (Å²) >= 11 is 0. The average molecular weight is 258 g/mol. The minimum atomic E-state index is 0.407. The van der Waals surface area contributed by atoms with Crippen LogP contribution in [0.3, 0.4) is 0 Å². The summed E-state index contributed by atoms with van der Waals surface area (Å²) in [5, 5.41) is 0. The molecule has 1 aliphatic rings. The molecule has 1 aliphatic carbocycles. The maximum atomic E-state index is 5.55. The number of hydrogen-bond acceptors (Lipinski definition) is 3. The van der Waals surface area contributed by atoms with Crippen LogP contribution in [0.15, 0.2) is 12.4 Å². The molecule has 0 aromatic carbocycles. The zero-order chi connectivity index (χ0) is 13.5. The van der Waals surface area contributed by atoms with Crippen molar-refractivity contribution >= 4 is 0 Å². The normalized spacial score (nSPS) is 22.4. The third-order valence-electron chi connectivity index (χ3n) is 3.75. The zero-order valence-electron chi connectivity index (χ0n) is 11.9. The van der Waals surface area contributed by atoms with Crippen LogP contribution in [0.4, 0.5) is 0 Å². The minimum Gasteiger partial charge on any atom is -0.464 e. The van der Waals surface area contributed by atoms with Crippen molar-refractivity contribution in [3.05, 3.63) is 18.1 Å². The van der Waals surface area contributed by atoms with Crippen molar-refractivity contribution < 1.29 is 4.74 Å². The quantitative estimate of drug-likeness (QED) is 0.777. The van der Waals surface area contributed by atoms with E-state index in [2.05, 4.69) is 28.7 Å². The fourth-order valence-electron chi connectivity index (χ4n) is 2.68. The SMILES string of the molecule is CCC#CCOc1cc(C2CCCCC2C)ncn1. The number of rotatable bonds is 3. The lowest BCUT2D eigenvalue weighted by atomic mass is 9.78. The van der Waals surface area contributed by atoms with Crippen LogP contribution < -0.4 is 4.74 Å². The van der Waals surface area contributed by atoms with Gasteiger partial charge in [0, 0.05) is 18.4 Å². The molecule has 2 unspecified atom stereocenters. The van der Waals surface area contributed by atoms with Gasteiger partial charge in [-0.3, -0.25) is 0 Å². The van der Waals surface area contributed by atoms with Gasteiger partial charge in [-0.05, 0) is 12.3 Å². The molecular weight excluding hydrogens is 236 g/mol. The van der Waals surface area contributed by atoms with Gasteiger partial charge in [-0.2, -0.15) is 0 Å². The first-order valence-electron chi connectivity index (χ1n) is 7.21. The minimum absolute atomic E-state index is 0.407. The molecule has 0 spiro atoms. The van der Waals surface area contributed by atoms with E-state index in [1.54, 1.807) is 6.33 Å². The van der Waals surface area contributed by atoms with Crippen LogP contribution in [-0.2, 0) is 0 Å². The van der Waals surface area contributed by atoms with Crippen molar-refractivity contribution in [2.24, 2.45) is 5.92 Å². The Morgan fingerprint density at radius 2 is 2.11 bits per heavy atom. The Labute approximate surface area is 115 Å². The predicted molar refractivity (Wildman–Crippen MR) is 76.0 cm³/mol. The molecule has 2 atom stereocenters. The van der Waals surface area contributed by atoms with E-state index in [4.69, 9.17) is 4.74 Å². The van der Waals surface area contributed by atoms with Crippen molar-refractivity contribution in [2.45, 2.75) is 51.9 Å². The van der Waals surface area contributed by atoms with Crippen LogP contribution in [0.2, 0.25) is 0 Å². The summed E-state index contributed by atoms with van der Waals surface area (Å²) in [7, 11) is 0. The Kier molecular flexibility index (Phi) is 5.20. The second kappa shape index (κ2) is 7.13. The third-order valence-corrected chi connectivity index (χ3v) is 3.75. The smallest absolute Gasteiger partial charge is 0.217 e. The Bertz CT molecular complexity index is 461. The van der Waals surface area contributed by atoms with Gasteiger partial charge in [0.15, 0.2) is 6.61 Å². The van der Waals surface area contributed by atoms with Crippen LogP contribution in [0, 0.1) is 17.8 Å². The summed E-state index contributed by atoms with van der Waals surface area (Å²) in [5.74, 6) is 7.85. The van der Waals surface area contributed by atoms with Gasteiger partial charge in [-0.15, -0.1) is 5.92 Å². The van der Waals surface area contributed by atoms with Crippen LogP contribution in [-0.4, -0.2) is 16.6 Å². The highest BCUT2D eigenvalue weighted by molar-refractivity contribution is 5.19. The standard InChI is InChI=1S/C16H22N2O/c1-3-4-7-10-19-16-11-15(17-12-18-16)14-9-6-5-8-13(14)2/h11-14H,3,5-6,8-10H2,1-2H3. The lowest BCUT2D eigenvalue weighted by Gasteiger charge is -2.28. The van der Waals surface area contributed by atoms with E-state index in [0.29, 0.717) is 24.3 Å². The largest absolute Gasteiger partial charge is 0.464 e. The zero-order valence-corrected chi connectivity index (χ0v) is 11.9. The summed E-state index contributed by atoms with van der Waals surface area (Å²) in [5.41, 5.74) is 1.13. The summed E-state index contributed by atoms with van der Waals surface area (Å²) in [4.78, 5) is 8.59. The van der Waals surface area contributed by atoms with Crippen LogP contribution in [0.25, 0.3) is 0 Å². The summed E-state index contributed by atoms with van der Waals surface area (Å²) < 4.78 is 5.55. The van der Waals surface area contributed by atoms with Gasteiger partial charge in [0.25, 0.3) is 0 Å². The van der Waals surface area contributed by atoms with Crippen LogP contribution in [0.1, 0.15) is 57.6 Å². The second-order valence-corrected chi connectivity index (χ2v) is 5.15. The van der Waals surface area contributed by atoms with Gasteiger partial charge in [0.1, 0.15) is 6.33 Å². The Morgan fingerprint density at radius 3 is 2.89 bits per heavy atom. The molecule has 0 amide bonds. The lowest BCUT2D eigenvalue weighted by molar-refractivity contribution is 0.319. The summed E-state index contributed by atoms with van der Waals surface area (Å²) in [6, 6.07) is 1.99. The van der Waals surface area contributed by atoms with Gasteiger partial charge < -0.3 is 4.74 Å². The van der Waals surface area contributed by atoms with E-state index in [1.807, 2.05) is 13.0 Å². The number of hydrogen-bond donors (Lipinski definition) is 0. The molecule has 0 bridgehead atoms. The number of nitrogens with zero attached hydrogens (tertiary/aromatic N) is 2. The first kappa shape index (κ1) is 13.9. The lowest BCUT2D eigenvalue weighted by Crippen LogP contribution is -2.16. The van der Waals surface area contributed by atoms with E-state index in [9.17, 15) is 0 Å². The number of ether oxygens (including phenoxy) is 1. The van der Waals surface area contributed by atoms with Crippen molar-refractivity contribution in [3.63, 3.8) is 0 Å². The maximum absolute atomic E-state index is 5.55. The molecule has 2 rings (SSSR count). The molecule has 1 saturated carbocycles. The van der Waals surface area contributed by atoms with Crippen molar-refractivity contribution in [3.8, 4) is 17.7 Å². The summed E-state index contributed by atoms with van der Waals surface area (Å²) in [6.07, 6.45) is 7.65. The molecule has 0 saturated heterocycles. The fourth-order valence-corrected chi connectivity index (χ4v) is 2.68. The highest BCUT2D eigenvalue weighted by Crippen LogP contribution is 2.36. The molecule has 0 radical (unpaired) electrons. The molecule has 1 aromatic rings. The van der Waals surface area contributed by atoms with Crippen LogP contribution in [0.5, 0.6) is 5.88 Å². The molecule has 1 fully saturated rings. The van der Waals surface area contributed by atoms with Crippen LogP contribution >= 0.6 is 0 Å². The molecule has 0 N–H and O–H groups in total. The maximum Gasteiger partial charge on any atom is 0.217 e. The Balaban J connectivity index is 2.01. The Hall–Kier alpha value is -1.56.